The largest absolute Gasteiger partial charge is 0.240 e. The van der Waals surface area contributed by atoms with Gasteiger partial charge in [-0.05, 0) is 24.6 Å². The second-order valence-corrected chi connectivity index (χ2v) is 5.50. The van der Waals surface area contributed by atoms with Crippen molar-refractivity contribution in [3.63, 3.8) is 0 Å². The third-order valence-corrected chi connectivity index (χ3v) is 3.77. The summed E-state index contributed by atoms with van der Waals surface area (Å²) in [6.07, 6.45) is 1.65. The minimum atomic E-state index is -3.57. The Bertz CT molecular complexity index is 462. The summed E-state index contributed by atoms with van der Waals surface area (Å²) in [5, 5.41) is -0.196. The monoisotopic (exact) mass is 265 g/mol. The van der Waals surface area contributed by atoms with Crippen LogP contribution >= 0.6 is 11.6 Å². The fraction of sp³-hybridized carbons (Fsp3) is 0.400. The van der Waals surface area contributed by atoms with E-state index in [0.717, 1.165) is 25.0 Å². The molecule has 0 fully saturated rings. The maximum atomic E-state index is 12.8. The van der Waals surface area contributed by atoms with Gasteiger partial charge >= 0.3 is 0 Å². The number of unbranched alkanes of at least 4 members (excludes halogenated alkanes) is 1. The zero-order chi connectivity index (χ0) is 12.2. The standard InChI is InChI=1S/C10H13ClFNO2S/c1-2-3-6-13-16(14,15)8-4-5-10(12)9(11)7-8/h4-5,7,13H,2-3,6H2,1H3. The summed E-state index contributed by atoms with van der Waals surface area (Å²) in [4.78, 5) is -0.0185. The second-order valence-electron chi connectivity index (χ2n) is 3.33. The van der Waals surface area contributed by atoms with E-state index in [4.69, 9.17) is 11.6 Å². The molecule has 0 saturated carbocycles. The van der Waals surface area contributed by atoms with Crippen LogP contribution in [0.2, 0.25) is 5.02 Å². The fourth-order valence-electron chi connectivity index (χ4n) is 1.11. The quantitative estimate of drug-likeness (QED) is 0.832. The first-order valence-corrected chi connectivity index (χ1v) is 6.78. The number of hydrogen-bond donors (Lipinski definition) is 1. The first-order valence-electron chi connectivity index (χ1n) is 4.92. The SMILES string of the molecule is CCCCNS(=O)(=O)c1ccc(F)c(Cl)c1. The lowest BCUT2D eigenvalue weighted by Crippen LogP contribution is -2.24. The van der Waals surface area contributed by atoms with E-state index in [1.165, 1.54) is 6.07 Å². The molecule has 0 aliphatic rings. The lowest BCUT2D eigenvalue weighted by Gasteiger charge is -2.06. The van der Waals surface area contributed by atoms with Gasteiger partial charge in [0.2, 0.25) is 10.0 Å². The number of benzene rings is 1. The van der Waals surface area contributed by atoms with Crippen molar-refractivity contribution in [1.82, 2.24) is 4.72 Å². The molecule has 0 unspecified atom stereocenters. The van der Waals surface area contributed by atoms with Gasteiger partial charge in [-0.15, -0.1) is 0 Å². The lowest BCUT2D eigenvalue weighted by atomic mass is 10.3. The molecule has 0 aliphatic carbocycles. The van der Waals surface area contributed by atoms with E-state index in [2.05, 4.69) is 4.72 Å². The van der Waals surface area contributed by atoms with E-state index in [0.29, 0.717) is 6.54 Å². The molecule has 1 aromatic rings. The summed E-state index contributed by atoms with van der Waals surface area (Å²) in [6.45, 7) is 2.33. The molecule has 6 heteroatoms. The highest BCUT2D eigenvalue weighted by molar-refractivity contribution is 7.89. The number of hydrogen-bond acceptors (Lipinski definition) is 2. The molecule has 1 aromatic carbocycles. The van der Waals surface area contributed by atoms with Gasteiger partial charge in [0.15, 0.2) is 0 Å². The Hall–Kier alpha value is -0.650. The smallest absolute Gasteiger partial charge is 0.211 e. The molecule has 0 aromatic heterocycles. The van der Waals surface area contributed by atoms with Crippen LogP contribution in [0.1, 0.15) is 19.8 Å². The van der Waals surface area contributed by atoms with Gasteiger partial charge in [-0.3, -0.25) is 0 Å². The minimum absolute atomic E-state index is 0.0185. The summed E-state index contributed by atoms with van der Waals surface area (Å²) in [5.41, 5.74) is 0. The molecule has 1 N–H and O–H groups in total. The zero-order valence-corrected chi connectivity index (χ0v) is 10.4. The zero-order valence-electron chi connectivity index (χ0n) is 8.83. The van der Waals surface area contributed by atoms with Gasteiger partial charge in [-0.2, -0.15) is 0 Å². The molecule has 90 valence electrons. The van der Waals surface area contributed by atoms with Crippen molar-refractivity contribution < 1.29 is 12.8 Å². The van der Waals surface area contributed by atoms with Gasteiger partial charge in [-0.25, -0.2) is 17.5 Å². The average Bonchev–Trinajstić information content (AvgIpc) is 2.22. The van der Waals surface area contributed by atoms with Crippen molar-refractivity contribution in [2.75, 3.05) is 6.54 Å². The molecule has 0 atom stereocenters. The van der Waals surface area contributed by atoms with Crippen LogP contribution in [0.5, 0.6) is 0 Å². The van der Waals surface area contributed by atoms with Crippen molar-refractivity contribution in [2.24, 2.45) is 0 Å². The third-order valence-electron chi connectivity index (χ3n) is 2.02. The highest BCUT2D eigenvalue weighted by Gasteiger charge is 2.14. The Kier molecular flexibility index (Phi) is 4.70. The molecule has 3 nitrogen and oxygen atoms in total. The van der Waals surface area contributed by atoms with Crippen LogP contribution in [-0.4, -0.2) is 15.0 Å². The van der Waals surface area contributed by atoms with Crippen molar-refractivity contribution in [1.29, 1.82) is 0 Å². The summed E-state index contributed by atoms with van der Waals surface area (Å²) in [7, 11) is -3.57. The second kappa shape index (κ2) is 5.61. The highest BCUT2D eigenvalue weighted by Crippen LogP contribution is 2.19. The summed E-state index contributed by atoms with van der Waals surface area (Å²) >= 11 is 5.51. The van der Waals surface area contributed by atoms with E-state index < -0.39 is 15.8 Å². The molecule has 0 heterocycles. The molecule has 0 saturated heterocycles. The number of halogens is 2. The molecular formula is C10H13ClFNO2S. The molecule has 0 spiro atoms. The number of sulfonamides is 1. The Morgan fingerprint density at radius 2 is 2.12 bits per heavy atom. The summed E-state index contributed by atoms with van der Waals surface area (Å²) in [6, 6.07) is 3.33. The van der Waals surface area contributed by atoms with Gasteiger partial charge in [0.25, 0.3) is 0 Å². The average molecular weight is 266 g/mol. The molecule has 0 bridgehead atoms. The predicted molar refractivity (Wildman–Crippen MR) is 61.5 cm³/mol. The van der Waals surface area contributed by atoms with Crippen molar-refractivity contribution in [3.05, 3.63) is 29.0 Å². The first-order chi connectivity index (χ1) is 7.47. The van der Waals surface area contributed by atoms with Crippen LogP contribution in [0.4, 0.5) is 4.39 Å². The third kappa shape index (κ3) is 3.43. The van der Waals surface area contributed by atoms with Crippen LogP contribution in [0.3, 0.4) is 0 Å². The predicted octanol–water partition coefficient (Wildman–Crippen LogP) is 2.56. The molecule has 16 heavy (non-hydrogen) atoms. The van der Waals surface area contributed by atoms with Crippen molar-refractivity contribution >= 4 is 21.6 Å². The maximum Gasteiger partial charge on any atom is 0.240 e. The normalized spacial score (nSPS) is 11.7. The minimum Gasteiger partial charge on any atom is -0.211 e. The van der Waals surface area contributed by atoms with Gasteiger partial charge in [-0.1, -0.05) is 24.9 Å². The molecule has 1 rings (SSSR count). The van der Waals surface area contributed by atoms with Gasteiger partial charge in [0, 0.05) is 6.54 Å². The van der Waals surface area contributed by atoms with Crippen LogP contribution in [0.25, 0.3) is 0 Å². The number of nitrogens with one attached hydrogen (secondary N) is 1. The molecule has 0 aliphatic heterocycles. The lowest BCUT2D eigenvalue weighted by molar-refractivity contribution is 0.577. The maximum absolute atomic E-state index is 12.8. The van der Waals surface area contributed by atoms with Crippen molar-refractivity contribution in [2.45, 2.75) is 24.7 Å². The molecule has 0 amide bonds. The van der Waals surface area contributed by atoms with E-state index >= 15 is 0 Å². The van der Waals surface area contributed by atoms with E-state index in [9.17, 15) is 12.8 Å². The molecule has 0 radical (unpaired) electrons. The molecular weight excluding hydrogens is 253 g/mol. The van der Waals surface area contributed by atoms with Gasteiger partial charge < -0.3 is 0 Å². The first kappa shape index (κ1) is 13.4. The topological polar surface area (TPSA) is 46.2 Å². The summed E-state index contributed by atoms with van der Waals surface area (Å²) < 4.78 is 38.6. The van der Waals surface area contributed by atoms with Crippen LogP contribution < -0.4 is 4.72 Å². The van der Waals surface area contributed by atoms with Gasteiger partial charge in [0.05, 0.1) is 9.92 Å². The Balaban J connectivity index is 2.86. The number of rotatable bonds is 5. The van der Waals surface area contributed by atoms with Crippen molar-refractivity contribution in [3.8, 4) is 0 Å². The Morgan fingerprint density at radius 3 is 2.69 bits per heavy atom. The summed E-state index contributed by atoms with van der Waals surface area (Å²) in [5.74, 6) is -0.630. The Morgan fingerprint density at radius 1 is 1.44 bits per heavy atom. The Labute approximate surface area is 99.7 Å². The van der Waals surface area contributed by atoms with Crippen LogP contribution in [-0.2, 0) is 10.0 Å². The van der Waals surface area contributed by atoms with Crippen LogP contribution in [0, 0.1) is 5.82 Å². The van der Waals surface area contributed by atoms with Crippen LogP contribution in [0.15, 0.2) is 23.1 Å². The van der Waals surface area contributed by atoms with Gasteiger partial charge in [0.1, 0.15) is 5.82 Å². The fourth-order valence-corrected chi connectivity index (χ4v) is 2.46. The highest BCUT2D eigenvalue weighted by atomic mass is 35.5. The van der Waals surface area contributed by atoms with E-state index in [-0.39, 0.29) is 9.92 Å². The van der Waals surface area contributed by atoms with E-state index in [1.54, 1.807) is 0 Å². The van der Waals surface area contributed by atoms with E-state index in [1.807, 2.05) is 6.92 Å².